The Hall–Kier alpha value is -0.610. The van der Waals surface area contributed by atoms with Gasteiger partial charge in [-0.05, 0) is 32.2 Å². The Morgan fingerprint density at radius 3 is 2.79 bits per heavy atom. The Bertz CT molecular complexity index is 213. The van der Waals surface area contributed by atoms with Crippen molar-refractivity contribution >= 4 is 5.91 Å². The molecule has 1 amide bonds. The zero-order valence-corrected chi connectivity index (χ0v) is 8.46. The van der Waals surface area contributed by atoms with Gasteiger partial charge < -0.3 is 16.4 Å². The van der Waals surface area contributed by atoms with Crippen molar-refractivity contribution in [3.63, 3.8) is 0 Å². The summed E-state index contributed by atoms with van der Waals surface area (Å²) < 4.78 is 0. The highest BCUT2D eigenvalue weighted by Crippen LogP contribution is 2.24. The lowest BCUT2D eigenvalue weighted by molar-refractivity contribution is -0.125. The highest BCUT2D eigenvalue weighted by molar-refractivity contribution is 5.79. The quantitative estimate of drug-likeness (QED) is 0.564. The third kappa shape index (κ3) is 2.25. The van der Waals surface area contributed by atoms with Gasteiger partial charge >= 0.3 is 0 Å². The minimum absolute atomic E-state index is 0.172. The summed E-state index contributed by atoms with van der Waals surface area (Å²) in [6.07, 6.45) is 3.89. The molecule has 0 aromatic carbocycles. The van der Waals surface area contributed by atoms with E-state index < -0.39 is 0 Å². The van der Waals surface area contributed by atoms with Crippen molar-refractivity contribution < 1.29 is 4.79 Å². The summed E-state index contributed by atoms with van der Waals surface area (Å²) in [5, 5.41) is 6.32. The molecule has 0 bridgehead atoms. The number of hydrogen-bond donors (Lipinski definition) is 3. The van der Waals surface area contributed by atoms with Gasteiger partial charge in [0, 0.05) is 24.5 Å². The van der Waals surface area contributed by atoms with Crippen LogP contribution >= 0.6 is 0 Å². The average Bonchev–Trinajstić information content (AvgIpc) is 2.75. The van der Waals surface area contributed by atoms with E-state index in [4.69, 9.17) is 5.73 Å². The molecular weight excluding hydrogens is 178 g/mol. The largest absolute Gasteiger partial charge is 0.352 e. The molecule has 1 saturated heterocycles. The van der Waals surface area contributed by atoms with Crippen molar-refractivity contribution in [1.29, 1.82) is 0 Å². The predicted octanol–water partition coefficient (Wildman–Crippen LogP) is -0.408. The summed E-state index contributed by atoms with van der Waals surface area (Å²) in [5.74, 6) is 0.386. The molecule has 2 rings (SSSR count). The summed E-state index contributed by atoms with van der Waals surface area (Å²) in [5.41, 5.74) is 5.78. The molecule has 3 unspecified atom stereocenters. The number of nitrogens with two attached hydrogens (primary N) is 1. The second kappa shape index (κ2) is 4.28. The van der Waals surface area contributed by atoms with E-state index in [1.165, 1.54) is 0 Å². The van der Waals surface area contributed by atoms with Crippen LogP contribution in [0.5, 0.6) is 0 Å². The van der Waals surface area contributed by atoms with E-state index in [1.807, 2.05) is 0 Å². The summed E-state index contributed by atoms with van der Waals surface area (Å²) >= 11 is 0. The third-order valence-electron chi connectivity index (χ3n) is 3.25. The van der Waals surface area contributed by atoms with Gasteiger partial charge in [-0.25, -0.2) is 0 Å². The lowest BCUT2D eigenvalue weighted by Crippen LogP contribution is -2.39. The highest BCUT2D eigenvalue weighted by atomic mass is 16.2. The van der Waals surface area contributed by atoms with E-state index in [2.05, 4.69) is 10.6 Å². The molecule has 4 N–H and O–H groups in total. The molecule has 4 nitrogen and oxygen atoms in total. The first-order valence-electron chi connectivity index (χ1n) is 5.52. The molecule has 3 atom stereocenters. The monoisotopic (exact) mass is 197 g/mol. The normalized spacial score (nSPS) is 37.4. The van der Waals surface area contributed by atoms with Gasteiger partial charge in [-0.3, -0.25) is 4.79 Å². The predicted molar refractivity (Wildman–Crippen MR) is 54.7 cm³/mol. The first-order chi connectivity index (χ1) is 6.75. The minimum atomic E-state index is 0.172. The molecule has 1 heterocycles. The van der Waals surface area contributed by atoms with Gasteiger partial charge in [0.15, 0.2) is 0 Å². The molecule has 80 valence electrons. The molecule has 14 heavy (non-hydrogen) atoms. The van der Waals surface area contributed by atoms with Crippen LogP contribution in [0.25, 0.3) is 0 Å². The Morgan fingerprint density at radius 2 is 2.21 bits per heavy atom. The number of carbonyl (C=O) groups is 1. The molecular formula is C10H19N3O. The van der Waals surface area contributed by atoms with Crippen LogP contribution in [-0.4, -0.2) is 31.1 Å². The molecule has 0 spiro atoms. The zero-order valence-electron chi connectivity index (χ0n) is 8.46. The van der Waals surface area contributed by atoms with Gasteiger partial charge in [-0.1, -0.05) is 0 Å². The first kappa shape index (κ1) is 9.93. The second-order valence-corrected chi connectivity index (χ2v) is 4.47. The van der Waals surface area contributed by atoms with Crippen molar-refractivity contribution in [2.24, 2.45) is 11.7 Å². The topological polar surface area (TPSA) is 67.2 Å². The number of nitrogens with one attached hydrogen (secondary N) is 2. The maximum Gasteiger partial charge on any atom is 0.223 e. The van der Waals surface area contributed by atoms with Crippen molar-refractivity contribution in [2.75, 3.05) is 13.1 Å². The number of carbonyl (C=O) groups excluding carboxylic acids is 1. The molecule has 0 aromatic rings. The van der Waals surface area contributed by atoms with Gasteiger partial charge in [-0.15, -0.1) is 0 Å². The van der Waals surface area contributed by atoms with E-state index in [0.29, 0.717) is 6.04 Å². The molecule has 0 aromatic heterocycles. The first-order valence-corrected chi connectivity index (χ1v) is 5.52. The summed E-state index contributed by atoms with van der Waals surface area (Å²) in [7, 11) is 0. The molecule has 2 aliphatic rings. The minimum Gasteiger partial charge on any atom is -0.352 e. The SMILES string of the molecule is NC1CCC(C(=O)NC2CCNC2)C1. The fourth-order valence-electron chi connectivity index (χ4n) is 2.35. The van der Waals surface area contributed by atoms with Crippen LogP contribution in [0.15, 0.2) is 0 Å². The Kier molecular flexibility index (Phi) is 3.03. The van der Waals surface area contributed by atoms with Gasteiger partial charge in [0.1, 0.15) is 0 Å². The fourth-order valence-corrected chi connectivity index (χ4v) is 2.35. The Balaban J connectivity index is 1.77. The smallest absolute Gasteiger partial charge is 0.223 e. The fraction of sp³-hybridized carbons (Fsp3) is 0.900. The molecule has 1 saturated carbocycles. The van der Waals surface area contributed by atoms with E-state index in [-0.39, 0.29) is 17.9 Å². The standard InChI is InChI=1S/C10H19N3O/c11-8-2-1-7(5-8)10(14)13-9-3-4-12-6-9/h7-9,12H,1-6,11H2,(H,13,14). The number of amides is 1. The molecule has 1 aliphatic heterocycles. The lowest BCUT2D eigenvalue weighted by Gasteiger charge is -2.15. The van der Waals surface area contributed by atoms with Gasteiger partial charge in [0.25, 0.3) is 0 Å². The van der Waals surface area contributed by atoms with Gasteiger partial charge in [0.2, 0.25) is 5.91 Å². The maximum atomic E-state index is 11.8. The van der Waals surface area contributed by atoms with Crippen LogP contribution in [0.2, 0.25) is 0 Å². The molecule has 0 radical (unpaired) electrons. The zero-order chi connectivity index (χ0) is 9.97. The van der Waals surface area contributed by atoms with Crippen molar-refractivity contribution in [1.82, 2.24) is 10.6 Å². The van der Waals surface area contributed by atoms with Crippen LogP contribution in [0.4, 0.5) is 0 Å². The average molecular weight is 197 g/mol. The second-order valence-electron chi connectivity index (χ2n) is 4.47. The van der Waals surface area contributed by atoms with Crippen LogP contribution in [0.1, 0.15) is 25.7 Å². The highest BCUT2D eigenvalue weighted by Gasteiger charge is 2.29. The lowest BCUT2D eigenvalue weighted by atomic mass is 10.1. The van der Waals surface area contributed by atoms with Crippen LogP contribution < -0.4 is 16.4 Å². The van der Waals surface area contributed by atoms with E-state index in [0.717, 1.165) is 38.8 Å². The van der Waals surface area contributed by atoms with Crippen LogP contribution in [0.3, 0.4) is 0 Å². The van der Waals surface area contributed by atoms with E-state index >= 15 is 0 Å². The number of hydrogen-bond acceptors (Lipinski definition) is 3. The van der Waals surface area contributed by atoms with Gasteiger partial charge in [-0.2, -0.15) is 0 Å². The Morgan fingerprint density at radius 1 is 1.36 bits per heavy atom. The van der Waals surface area contributed by atoms with Crippen molar-refractivity contribution in [3.05, 3.63) is 0 Å². The summed E-state index contributed by atoms with van der Waals surface area (Å²) in [6, 6.07) is 0.590. The molecule has 2 fully saturated rings. The summed E-state index contributed by atoms with van der Waals surface area (Å²) in [6.45, 7) is 1.94. The Labute approximate surface area is 84.6 Å². The maximum absolute atomic E-state index is 11.8. The molecule has 4 heteroatoms. The van der Waals surface area contributed by atoms with E-state index in [1.54, 1.807) is 0 Å². The molecule has 1 aliphatic carbocycles. The van der Waals surface area contributed by atoms with E-state index in [9.17, 15) is 4.79 Å². The number of rotatable bonds is 2. The van der Waals surface area contributed by atoms with Gasteiger partial charge in [0.05, 0.1) is 0 Å². The van der Waals surface area contributed by atoms with Crippen LogP contribution in [-0.2, 0) is 4.79 Å². The third-order valence-corrected chi connectivity index (χ3v) is 3.25. The van der Waals surface area contributed by atoms with Crippen LogP contribution in [0, 0.1) is 5.92 Å². The van der Waals surface area contributed by atoms with Crippen molar-refractivity contribution in [3.8, 4) is 0 Å². The van der Waals surface area contributed by atoms with Crippen molar-refractivity contribution in [2.45, 2.75) is 37.8 Å². The summed E-state index contributed by atoms with van der Waals surface area (Å²) in [4.78, 5) is 11.8.